The number of nitrogen functional groups attached to an aromatic ring is 1. The first-order chi connectivity index (χ1) is 9.58. The molecule has 0 aliphatic rings. The van der Waals surface area contributed by atoms with Gasteiger partial charge in [0.25, 0.3) is 0 Å². The molecule has 0 bridgehead atoms. The Balaban J connectivity index is 2.10. The van der Waals surface area contributed by atoms with Gasteiger partial charge in [-0.3, -0.25) is 0 Å². The number of hydrogen-bond acceptors (Lipinski definition) is 7. The molecule has 1 unspecified atom stereocenters. The van der Waals surface area contributed by atoms with Gasteiger partial charge in [0.2, 0.25) is 5.95 Å². The van der Waals surface area contributed by atoms with Crippen molar-refractivity contribution in [3.8, 4) is 0 Å². The molecule has 2 aromatic rings. The topological polar surface area (TPSA) is 88.8 Å². The van der Waals surface area contributed by atoms with Gasteiger partial charge in [0, 0.05) is 23.7 Å². The first kappa shape index (κ1) is 14.5. The summed E-state index contributed by atoms with van der Waals surface area (Å²) in [6.07, 6.45) is 1.03. The van der Waals surface area contributed by atoms with Gasteiger partial charge in [0.1, 0.15) is 16.6 Å². The molecule has 4 N–H and O–H groups in total. The van der Waals surface area contributed by atoms with Crippen LogP contribution in [-0.4, -0.2) is 21.5 Å². The van der Waals surface area contributed by atoms with Crippen LogP contribution in [0.5, 0.6) is 0 Å². The average Bonchev–Trinajstić information content (AvgIpc) is 2.82. The van der Waals surface area contributed by atoms with E-state index in [2.05, 4.69) is 39.4 Å². The molecule has 20 heavy (non-hydrogen) atoms. The van der Waals surface area contributed by atoms with Crippen molar-refractivity contribution in [2.45, 2.75) is 33.2 Å². The zero-order chi connectivity index (χ0) is 14.5. The molecular formula is C13H20N6S. The number of aryl methyl sites for hydroxylation is 1. The van der Waals surface area contributed by atoms with E-state index in [4.69, 9.17) is 5.73 Å². The number of nitrogens with zero attached hydrogens (tertiary/aromatic N) is 3. The normalized spacial score (nSPS) is 12.2. The lowest BCUT2D eigenvalue weighted by Crippen LogP contribution is -2.11. The molecule has 0 aliphatic carbocycles. The van der Waals surface area contributed by atoms with E-state index in [0.29, 0.717) is 5.82 Å². The third-order valence-corrected chi connectivity index (χ3v) is 3.82. The maximum atomic E-state index is 5.73. The smallest absolute Gasteiger partial charge is 0.223 e. The Kier molecular flexibility index (Phi) is 4.73. The Morgan fingerprint density at radius 2 is 2.05 bits per heavy atom. The predicted molar refractivity (Wildman–Crippen MR) is 84.1 cm³/mol. The van der Waals surface area contributed by atoms with Crippen molar-refractivity contribution < 1.29 is 0 Å². The van der Waals surface area contributed by atoms with Gasteiger partial charge in [0.15, 0.2) is 0 Å². The standard InChI is InChI=1S/C13H20N6S/c1-4-5-15-10-6-11(19-13(14)18-10)17-9(3)12-16-8(2)7-20-12/h6-7,9H,4-5H2,1-3H3,(H4,14,15,17,18,19). The molecule has 1 atom stereocenters. The monoisotopic (exact) mass is 292 g/mol. The second-order valence-electron chi connectivity index (χ2n) is 4.62. The summed E-state index contributed by atoms with van der Waals surface area (Å²) in [7, 11) is 0. The van der Waals surface area contributed by atoms with Crippen LogP contribution in [0.4, 0.5) is 17.6 Å². The van der Waals surface area contributed by atoms with E-state index in [1.165, 1.54) is 0 Å². The highest BCUT2D eigenvalue weighted by molar-refractivity contribution is 7.09. The van der Waals surface area contributed by atoms with Gasteiger partial charge in [-0.15, -0.1) is 11.3 Å². The van der Waals surface area contributed by atoms with Crippen LogP contribution in [0.15, 0.2) is 11.4 Å². The second-order valence-corrected chi connectivity index (χ2v) is 5.51. The Labute approximate surface area is 122 Å². The lowest BCUT2D eigenvalue weighted by atomic mass is 10.3. The van der Waals surface area contributed by atoms with Crippen LogP contribution >= 0.6 is 11.3 Å². The van der Waals surface area contributed by atoms with Crippen molar-refractivity contribution in [1.29, 1.82) is 0 Å². The Bertz CT molecular complexity index is 568. The van der Waals surface area contributed by atoms with Gasteiger partial charge in [-0.2, -0.15) is 9.97 Å². The zero-order valence-corrected chi connectivity index (χ0v) is 12.8. The third-order valence-electron chi connectivity index (χ3n) is 2.67. The largest absolute Gasteiger partial charge is 0.370 e. The number of hydrogen-bond donors (Lipinski definition) is 3. The number of nitrogens with one attached hydrogen (secondary N) is 2. The van der Waals surface area contributed by atoms with Gasteiger partial charge < -0.3 is 16.4 Å². The molecule has 0 saturated heterocycles. The average molecular weight is 292 g/mol. The maximum Gasteiger partial charge on any atom is 0.223 e. The highest BCUT2D eigenvalue weighted by atomic mass is 32.1. The van der Waals surface area contributed by atoms with E-state index in [9.17, 15) is 0 Å². The highest BCUT2D eigenvalue weighted by Gasteiger charge is 2.11. The Morgan fingerprint density at radius 3 is 2.70 bits per heavy atom. The van der Waals surface area contributed by atoms with Gasteiger partial charge in [-0.05, 0) is 20.3 Å². The molecule has 0 saturated carbocycles. The number of anilines is 3. The summed E-state index contributed by atoms with van der Waals surface area (Å²) in [5, 5.41) is 9.58. The Hall–Kier alpha value is -1.89. The molecule has 2 aromatic heterocycles. The summed E-state index contributed by atoms with van der Waals surface area (Å²) in [5.74, 6) is 1.71. The molecule has 0 spiro atoms. The summed E-state index contributed by atoms with van der Waals surface area (Å²) in [6.45, 7) is 7.00. The highest BCUT2D eigenvalue weighted by Crippen LogP contribution is 2.22. The fraction of sp³-hybridized carbons (Fsp3) is 0.462. The molecule has 0 aromatic carbocycles. The van der Waals surface area contributed by atoms with Gasteiger partial charge in [-0.25, -0.2) is 4.98 Å². The van der Waals surface area contributed by atoms with Crippen LogP contribution in [0, 0.1) is 6.92 Å². The molecule has 2 rings (SSSR count). The predicted octanol–water partition coefficient (Wildman–Crippen LogP) is 2.82. The van der Waals surface area contributed by atoms with Crippen LogP contribution < -0.4 is 16.4 Å². The van der Waals surface area contributed by atoms with Crippen molar-refractivity contribution in [1.82, 2.24) is 15.0 Å². The fourth-order valence-electron chi connectivity index (χ4n) is 1.74. The minimum Gasteiger partial charge on any atom is -0.370 e. The van der Waals surface area contributed by atoms with E-state index in [1.54, 1.807) is 11.3 Å². The van der Waals surface area contributed by atoms with Crippen molar-refractivity contribution in [3.05, 3.63) is 22.1 Å². The summed E-state index contributed by atoms with van der Waals surface area (Å²) in [5.41, 5.74) is 6.77. The molecule has 6 nitrogen and oxygen atoms in total. The van der Waals surface area contributed by atoms with Crippen LogP contribution in [0.3, 0.4) is 0 Å². The minimum absolute atomic E-state index is 0.0852. The van der Waals surface area contributed by atoms with Crippen LogP contribution in [-0.2, 0) is 0 Å². The van der Waals surface area contributed by atoms with E-state index in [0.717, 1.165) is 29.5 Å². The lowest BCUT2D eigenvalue weighted by Gasteiger charge is -2.13. The number of rotatable bonds is 6. The molecule has 0 amide bonds. The molecule has 0 radical (unpaired) electrons. The van der Waals surface area contributed by atoms with Crippen LogP contribution in [0.2, 0.25) is 0 Å². The van der Waals surface area contributed by atoms with E-state index in [1.807, 2.05) is 18.4 Å². The van der Waals surface area contributed by atoms with Gasteiger partial charge >= 0.3 is 0 Å². The quantitative estimate of drug-likeness (QED) is 0.758. The fourth-order valence-corrected chi connectivity index (χ4v) is 2.54. The van der Waals surface area contributed by atoms with Crippen molar-refractivity contribution in [2.24, 2.45) is 0 Å². The van der Waals surface area contributed by atoms with Gasteiger partial charge in [-0.1, -0.05) is 6.92 Å². The first-order valence-electron chi connectivity index (χ1n) is 6.65. The zero-order valence-electron chi connectivity index (χ0n) is 12.0. The molecular weight excluding hydrogens is 272 g/mol. The van der Waals surface area contributed by atoms with E-state index in [-0.39, 0.29) is 12.0 Å². The third kappa shape index (κ3) is 3.80. The Morgan fingerprint density at radius 1 is 1.30 bits per heavy atom. The summed E-state index contributed by atoms with van der Waals surface area (Å²) >= 11 is 1.64. The molecule has 7 heteroatoms. The van der Waals surface area contributed by atoms with Crippen molar-refractivity contribution >= 4 is 28.9 Å². The molecule has 0 aliphatic heterocycles. The minimum atomic E-state index is 0.0852. The lowest BCUT2D eigenvalue weighted by molar-refractivity contribution is 0.854. The molecule has 2 heterocycles. The summed E-state index contributed by atoms with van der Waals surface area (Å²) in [4.78, 5) is 12.8. The van der Waals surface area contributed by atoms with E-state index >= 15 is 0 Å². The number of aromatic nitrogens is 3. The molecule has 0 fully saturated rings. The van der Waals surface area contributed by atoms with Crippen LogP contribution in [0.1, 0.15) is 37.0 Å². The maximum absolute atomic E-state index is 5.73. The van der Waals surface area contributed by atoms with Crippen molar-refractivity contribution in [2.75, 3.05) is 22.9 Å². The van der Waals surface area contributed by atoms with Crippen molar-refractivity contribution in [3.63, 3.8) is 0 Å². The summed E-state index contributed by atoms with van der Waals surface area (Å²) in [6, 6.07) is 1.95. The SMILES string of the molecule is CCCNc1cc(NC(C)c2nc(C)cs2)nc(N)n1. The number of nitrogens with two attached hydrogens (primary N) is 1. The van der Waals surface area contributed by atoms with Crippen LogP contribution in [0.25, 0.3) is 0 Å². The second kappa shape index (κ2) is 6.51. The molecule has 108 valence electrons. The summed E-state index contributed by atoms with van der Waals surface area (Å²) < 4.78 is 0. The van der Waals surface area contributed by atoms with E-state index < -0.39 is 0 Å². The number of thiazole rings is 1. The van der Waals surface area contributed by atoms with Gasteiger partial charge in [0.05, 0.1) is 6.04 Å². The first-order valence-corrected chi connectivity index (χ1v) is 7.53.